The quantitative estimate of drug-likeness (QED) is 0.520. The molecule has 0 saturated carbocycles. The molecule has 2 aromatic carbocycles. The number of carbonyl (C=O) groups is 1. The average molecular weight is 374 g/mol. The van der Waals surface area contributed by atoms with Crippen LogP contribution in [0.4, 0.5) is 8.78 Å². The molecule has 1 N–H and O–H groups in total. The molecule has 1 amide bonds. The van der Waals surface area contributed by atoms with E-state index in [4.69, 9.17) is 9.15 Å². The van der Waals surface area contributed by atoms with E-state index in [0.717, 1.165) is 5.39 Å². The van der Waals surface area contributed by atoms with E-state index in [1.807, 2.05) is 18.2 Å². The molecule has 0 atom stereocenters. The molecule has 27 heavy (non-hydrogen) atoms. The van der Waals surface area contributed by atoms with E-state index in [-0.39, 0.29) is 17.3 Å². The van der Waals surface area contributed by atoms with E-state index in [9.17, 15) is 13.6 Å². The number of halogens is 2. The highest BCUT2D eigenvalue weighted by atomic mass is 19.3. The molecule has 0 aliphatic carbocycles. The van der Waals surface area contributed by atoms with Gasteiger partial charge in [-0.25, -0.2) is 5.43 Å². The summed E-state index contributed by atoms with van der Waals surface area (Å²) >= 11 is 0. The molecule has 0 unspecified atom stereocenters. The third-order valence-corrected chi connectivity index (χ3v) is 3.83. The molecule has 6 nitrogen and oxygen atoms in total. The van der Waals surface area contributed by atoms with Gasteiger partial charge < -0.3 is 13.9 Å². The second-order valence-electron chi connectivity index (χ2n) is 5.54. The topological polar surface area (TPSA) is 73.1 Å². The van der Waals surface area contributed by atoms with Gasteiger partial charge in [-0.3, -0.25) is 4.79 Å². The van der Waals surface area contributed by atoms with Crippen LogP contribution in [-0.4, -0.2) is 25.8 Å². The first-order valence-corrected chi connectivity index (χ1v) is 7.94. The number of benzene rings is 2. The zero-order valence-corrected chi connectivity index (χ0v) is 14.5. The Kier molecular flexibility index (Phi) is 5.35. The number of rotatable bonds is 6. The molecule has 8 heteroatoms. The lowest BCUT2D eigenvalue weighted by molar-refractivity contribution is -0.0512. The molecule has 1 heterocycles. The molecule has 0 aliphatic heterocycles. The number of aryl methyl sites for hydroxylation is 1. The highest BCUT2D eigenvalue weighted by Crippen LogP contribution is 2.29. The zero-order valence-electron chi connectivity index (χ0n) is 14.5. The van der Waals surface area contributed by atoms with Gasteiger partial charge in [0.1, 0.15) is 5.58 Å². The standard InChI is InChI=1S/C19H16F2N2O4/c1-11-13-5-3-4-6-14(13)26-17(11)18(24)23-22-10-12-7-8-15(27-19(20)21)16(9-12)25-2/h3-10,19H,1-2H3,(H,23,24)/b22-10-. The number of para-hydroxylation sites is 1. The van der Waals surface area contributed by atoms with Gasteiger partial charge in [-0.2, -0.15) is 13.9 Å². The first-order valence-electron chi connectivity index (χ1n) is 7.94. The van der Waals surface area contributed by atoms with Crippen LogP contribution in [0, 0.1) is 6.92 Å². The van der Waals surface area contributed by atoms with Crippen molar-refractivity contribution in [2.45, 2.75) is 13.5 Å². The molecule has 0 radical (unpaired) electrons. The van der Waals surface area contributed by atoms with Crippen LogP contribution in [0.3, 0.4) is 0 Å². The maximum atomic E-state index is 12.3. The third-order valence-electron chi connectivity index (χ3n) is 3.83. The molecular formula is C19H16F2N2O4. The number of nitrogens with one attached hydrogen (secondary N) is 1. The molecule has 0 aliphatic rings. The number of methoxy groups -OCH3 is 1. The van der Waals surface area contributed by atoms with Crippen molar-refractivity contribution in [3.05, 3.63) is 59.4 Å². The van der Waals surface area contributed by atoms with Crippen molar-refractivity contribution < 1.29 is 27.5 Å². The lowest BCUT2D eigenvalue weighted by atomic mass is 10.1. The van der Waals surface area contributed by atoms with Crippen molar-refractivity contribution in [2.75, 3.05) is 7.11 Å². The minimum atomic E-state index is -2.95. The molecule has 3 aromatic rings. The molecule has 0 spiro atoms. The van der Waals surface area contributed by atoms with Crippen LogP contribution in [0.5, 0.6) is 11.5 Å². The van der Waals surface area contributed by atoms with E-state index in [0.29, 0.717) is 16.7 Å². The van der Waals surface area contributed by atoms with Gasteiger partial charge in [-0.15, -0.1) is 0 Å². The lowest BCUT2D eigenvalue weighted by Crippen LogP contribution is -2.17. The van der Waals surface area contributed by atoms with Gasteiger partial charge in [0, 0.05) is 10.9 Å². The fourth-order valence-corrected chi connectivity index (χ4v) is 2.56. The van der Waals surface area contributed by atoms with E-state index in [1.165, 1.54) is 31.5 Å². The maximum Gasteiger partial charge on any atom is 0.387 e. The van der Waals surface area contributed by atoms with Crippen molar-refractivity contribution in [2.24, 2.45) is 5.10 Å². The second kappa shape index (κ2) is 7.86. The first kappa shape index (κ1) is 18.4. The van der Waals surface area contributed by atoms with Gasteiger partial charge in [0.05, 0.1) is 13.3 Å². The Morgan fingerprint density at radius 1 is 1.22 bits per heavy atom. The van der Waals surface area contributed by atoms with Crippen molar-refractivity contribution in [3.63, 3.8) is 0 Å². The van der Waals surface area contributed by atoms with Crippen LogP contribution < -0.4 is 14.9 Å². The van der Waals surface area contributed by atoms with E-state index >= 15 is 0 Å². The van der Waals surface area contributed by atoms with Gasteiger partial charge in [0.2, 0.25) is 0 Å². The lowest BCUT2D eigenvalue weighted by Gasteiger charge is -2.09. The predicted octanol–water partition coefficient (Wildman–Crippen LogP) is 4.12. The molecule has 140 valence electrons. The SMILES string of the molecule is COc1cc(/C=N\NC(=O)c2oc3ccccc3c2C)ccc1OC(F)F. The minimum absolute atomic E-state index is 0.0911. The number of furan rings is 1. The van der Waals surface area contributed by atoms with Crippen molar-refractivity contribution >= 4 is 23.1 Å². The van der Waals surface area contributed by atoms with Crippen LogP contribution in [-0.2, 0) is 0 Å². The second-order valence-corrected chi connectivity index (χ2v) is 5.54. The average Bonchev–Trinajstić information content (AvgIpc) is 2.99. The summed E-state index contributed by atoms with van der Waals surface area (Å²) in [6.45, 7) is -1.17. The zero-order chi connectivity index (χ0) is 19.4. The summed E-state index contributed by atoms with van der Waals surface area (Å²) in [5.74, 6) is -0.290. The molecule has 3 rings (SSSR count). The Balaban J connectivity index is 1.72. The van der Waals surface area contributed by atoms with Crippen LogP contribution in [0.15, 0.2) is 52.0 Å². The number of fused-ring (bicyclic) bond motifs is 1. The summed E-state index contributed by atoms with van der Waals surface area (Å²) in [7, 11) is 1.33. The Hall–Kier alpha value is -3.42. The molecule has 1 aromatic heterocycles. The van der Waals surface area contributed by atoms with Gasteiger partial charge in [-0.1, -0.05) is 18.2 Å². The third kappa shape index (κ3) is 4.05. The molecule has 0 bridgehead atoms. The number of nitrogens with zero attached hydrogens (tertiary/aromatic N) is 1. The summed E-state index contributed by atoms with van der Waals surface area (Å²) in [6, 6.07) is 11.6. The normalized spacial score (nSPS) is 11.3. The molecule has 0 saturated heterocycles. The number of ether oxygens (including phenoxy) is 2. The summed E-state index contributed by atoms with van der Waals surface area (Å²) in [6.07, 6.45) is 1.35. The number of amides is 1. The van der Waals surface area contributed by atoms with Gasteiger partial charge >= 0.3 is 12.5 Å². The smallest absolute Gasteiger partial charge is 0.387 e. The fraction of sp³-hybridized carbons (Fsp3) is 0.158. The number of hydrazone groups is 1. The largest absolute Gasteiger partial charge is 0.493 e. The van der Waals surface area contributed by atoms with Gasteiger partial charge in [-0.05, 0) is 36.8 Å². The van der Waals surface area contributed by atoms with Crippen LogP contribution in [0.1, 0.15) is 21.7 Å². The van der Waals surface area contributed by atoms with Gasteiger partial charge in [0.15, 0.2) is 17.3 Å². The fourth-order valence-electron chi connectivity index (χ4n) is 2.56. The Morgan fingerprint density at radius 3 is 2.70 bits per heavy atom. The Labute approximate surface area is 153 Å². The van der Waals surface area contributed by atoms with Crippen molar-refractivity contribution in [1.82, 2.24) is 5.43 Å². The molecule has 0 fully saturated rings. The highest BCUT2D eigenvalue weighted by molar-refractivity contribution is 5.99. The summed E-state index contributed by atoms with van der Waals surface area (Å²) in [5.41, 5.74) is 4.23. The van der Waals surface area contributed by atoms with E-state index in [2.05, 4.69) is 15.3 Å². The van der Waals surface area contributed by atoms with Crippen LogP contribution >= 0.6 is 0 Å². The van der Waals surface area contributed by atoms with E-state index in [1.54, 1.807) is 13.0 Å². The first-order chi connectivity index (χ1) is 13.0. The molecular weight excluding hydrogens is 358 g/mol. The number of alkyl halides is 2. The predicted molar refractivity (Wildman–Crippen MR) is 95.6 cm³/mol. The maximum absolute atomic E-state index is 12.3. The Bertz CT molecular complexity index is 999. The van der Waals surface area contributed by atoms with Crippen LogP contribution in [0.25, 0.3) is 11.0 Å². The number of carbonyl (C=O) groups excluding carboxylic acids is 1. The van der Waals surface area contributed by atoms with E-state index < -0.39 is 12.5 Å². The van der Waals surface area contributed by atoms with Crippen molar-refractivity contribution in [1.29, 1.82) is 0 Å². The Morgan fingerprint density at radius 2 is 2.00 bits per heavy atom. The monoisotopic (exact) mass is 374 g/mol. The number of hydrogen-bond donors (Lipinski definition) is 1. The number of hydrogen-bond acceptors (Lipinski definition) is 5. The minimum Gasteiger partial charge on any atom is -0.493 e. The summed E-state index contributed by atoms with van der Waals surface area (Å²) in [4.78, 5) is 12.3. The summed E-state index contributed by atoms with van der Waals surface area (Å²) in [5, 5.41) is 4.72. The van der Waals surface area contributed by atoms with Crippen molar-refractivity contribution in [3.8, 4) is 11.5 Å². The van der Waals surface area contributed by atoms with Crippen LogP contribution in [0.2, 0.25) is 0 Å². The highest BCUT2D eigenvalue weighted by Gasteiger charge is 2.16. The summed E-state index contributed by atoms with van der Waals surface area (Å²) < 4.78 is 39.6. The van der Waals surface area contributed by atoms with Gasteiger partial charge in [0.25, 0.3) is 0 Å².